The minimum atomic E-state index is -1.29. The summed E-state index contributed by atoms with van der Waals surface area (Å²) in [6.45, 7) is 1.56. The number of pyridine rings is 1. The van der Waals surface area contributed by atoms with Crippen LogP contribution in [0.1, 0.15) is 18.2 Å². The average molecular weight is 328 g/mol. The third-order valence-electron chi connectivity index (χ3n) is 2.75. The summed E-state index contributed by atoms with van der Waals surface area (Å²) < 4.78 is 26.7. The van der Waals surface area contributed by atoms with Crippen LogP contribution in [0.4, 0.5) is 8.78 Å². The van der Waals surface area contributed by atoms with Crippen LogP contribution in [0.15, 0.2) is 41.0 Å². The average Bonchev–Trinajstić information content (AvgIpc) is 2.27. The zero-order chi connectivity index (χ0) is 14.0. The third kappa shape index (κ3) is 3.58. The van der Waals surface area contributed by atoms with E-state index >= 15 is 0 Å². The lowest BCUT2D eigenvalue weighted by molar-refractivity contribution is 0.0528. The molecule has 0 aliphatic rings. The van der Waals surface area contributed by atoms with Crippen LogP contribution in [-0.2, 0) is 12.0 Å². The number of benzene rings is 1. The first-order valence-corrected chi connectivity index (χ1v) is 6.45. The van der Waals surface area contributed by atoms with E-state index in [-0.39, 0.29) is 12.2 Å². The van der Waals surface area contributed by atoms with Crippen LogP contribution in [0.5, 0.6) is 0 Å². The van der Waals surface area contributed by atoms with Gasteiger partial charge in [0.25, 0.3) is 0 Å². The number of nitrogens with zero attached hydrogens (tertiary/aromatic N) is 1. The highest BCUT2D eigenvalue weighted by atomic mass is 79.9. The molecular weight excluding hydrogens is 316 g/mol. The van der Waals surface area contributed by atoms with Crippen LogP contribution in [0.2, 0.25) is 0 Å². The Kier molecular flexibility index (Phi) is 3.96. The molecule has 2 nitrogen and oxygen atoms in total. The first-order chi connectivity index (χ1) is 8.87. The summed E-state index contributed by atoms with van der Waals surface area (Å²) in [5.74, 6) is -0.847. The van der Waals surface area contributed by atoms with Crippen molar-refractivity contribution < 1.29 is 13.9 Å². The molecule has 2 aromatic rings. The zero-order valence-corrected chi connectivity index (χ0v) is 11.8. The van der Waals surface area contributed by atoms with Gasteiger partial charge in [0.2, 0.25) is 0 Å². The maximum atomic E-state index is 13.3. The van der Waals surface area contributed by atoms with Gasteiger partial charge in [-0.25, -0.2) is 8.78 Å². The summed E-state index contributed by atoms with van der Waals surface area (Å²) in [4.78, 5) is 3.86. The number of hydrogen-bond donors (Lipinski definition) is 1. The van der Waals surface area contributed by atoms with Crippen molar-refractivity contribution in [1.82, 2.24) is 4.98 Å². The topological polar surface area (TPSA) is 33.1 Å². The molecule has 0 spiro atoms. The molecule has 0 bridgehead atoms. The highest BCUT2D eigenvalue weighted by Gasteiger charge is 2.25. The summed E-state index contributed by atoms with van der Waals surface area (Å²) in [6, 6.07) is 7.07. The van der Waals surface area contributed by atoms with E-state index in [4.69, 9.17) is 0 Å². The maximum Gasteiger partial charge on any atom is 0.141 e. The molecular formula is C14H12BrF2NO. The second-order valence-corrected chi connectivity index (χ2v) is 5.51. The lowest BCUT2D eigenvalue weighted by atomic mass is 9.93. The normalized spacial score (nSPS) is 14.2. The van der Waals surface area contributed by atoms with E-state index in [1.807, 2.05) is 0 Å². The van der Waals surface area contributed by atoms with E-state index in [9.17, 15) is 13.9 Å². The van der Waals surface area contributed by atoms with E-state index in [0.717, 1.165) is 6.20 Å². The van der Waals surface area contributed by atoms with Gasteiger partial charge in [-0.1, -0.05) is 15.9 Å². The molecule has 1 heterocycles. The molecule has 0 fully saturated rings. The fourth-order valence-electron chi connectivity index (χ4n) is 1.90. The lowest BCUT2D eigenvalue weighted by Crippen LogP contribution is -2.25. The number of rotatable bonds is 3. The standard InChI is InChI=1S/C14H12BrF2NO/c1-14(19,13-3-2-11(16)8-18-13)7-9-4-10(15)6-12(17)5-9/h2-6,8,19H,7H2,1H3. The Balaban J connectivity index is 2.27. The Morgan fingerprint density at radius 2 is 1.95 bits per heavy atom. The molecule has 100 valence electrons. The van der Waals surface area contributed by atoms with E-state index in [1.54, 1.807) is 13.0 Å². The second kappa shape index (κ2) is 5.35. The summed E-state index contributed by atoms with van der Waals surface area (Å²) >= 11 is 3.20. The van der Waals surface area contributed by atoms with E-state index in [1.165, 1.54) is 24.3 Å². The molecule has 1 N–H and O–H groups in total. The summed E-state index contributed by atoms with van der Waals surface area (Å²) in [5, 5.41) is 10.4. The molecule has 2 rings (SSSR count). The van der Waals surface area contributed by atoms with Gasteiger partial charge in [0.15, 0.2) is 0 Å². The maximum absolute atomic E-state index is 13.3. The number of aliphatic hydroxyl groups is 1. The highest BCUT2D eigenvalue weighted by Crippen LogP contribution is 2.25. The monoisotopic (exact) mass is 327 g/mol. The van der Waals surface area contributed by atoms with Crippen LogP contribution < -0.4 is 0 Å². The van der Waals surface area contributed by atoms with Crippen molar-refractivity contribution in [1.29, 1.82) is 0 Å². The molecule has 19 heavy (non-hydrogen) atoms. The Labute approximate surface area is 118 Å². The SMILES string of the molecule is CC(O)(Cc1cc(F)cc(Br)c1)c1ccc(F)cn1. The minimum Gasteiger partial charge on any atom is -0.383 e. The van der Waals surface area contributed by atoms with Crippen molar-refractivity contribution in [3.8, 4) is 0 Å². The first kappa shape index (κ1) is 14.1. The predicted molar refractivity (Wildman–Crippen MR) is 71.6 cm³/mol. The number of hydrogen-bond acceptors (Lipinski definition) is 2. The third-order valence-corrected chi connectivity index (χ3v) is 3.21. The van der Waals surface area contributed by atoms with Crippen LogP contribution in [0, 0.1) is 11.6 Å². The van der Waals surface area contributed by atoms with Crippen molar-refractivity contribution in [2.45, 2.75) is 18.9 Å². The smallest absolute Gasteiger partial charge is 0.141 e. The molecule has 1 aromatic heterocycles. The Hall–Kier alpha value is -1.33. The molecule has 1 atom stereocenters. The van der Waals surface area contributed by atoms with Crippen molar-refractivity contribution in [2.24, 2.45) is 0 Å². The van der Waals surface area contributed by atoms with Crippen molar-refractivity contribution in [2.75, 3.05) is 0 Å². The fourth-order valence-corrected chi connectivity index (χ4v) is 2.41. The predicted octanol–water partition coefficient (Wildman–Crippen LogP) is 3.57. The van der Waals surface area contributed by atoms with Crippen molar-refractivity contribution in [3.05, 3.63) is 63.9 Å². The van der Waals surface area contributed by atoms with Crippen LogP contribution in [-0.4, -0.2) is 10.1 Å². The van der Waals surface area contributed by atoms with Gasteiger partial charge < -0.3 is 5.11 Å². The van der Waals surface area contributed by atoms with Gasteiger partial charge in [0.05, 0.1) is 11.9 Å². The zero-order valence-electron chi connectivity index (χ0n) is 10.2. The number of aromatic nitrogens is 1. The molecule has 0 saturated carbocycles. The van der Waals surface area contributed by atoms with Crippen LogP contribution in [0.25, 0.3) is 0 Å². The first-order valence-electron chi connectivity index (χ1n) is 5.66. The van der Waals surface area contributed by atoms with E-state index in [0.29, 0.717) is 15.7 Å². The summed E-state index contributed by atoms with van der Waals surface area (Å²) in [7, 11) is 0. The summed E-state index contributed by atoms with van der Waals surface area (Å²) in [6.07, 6.45) is 1.23. The van der Waals surface area contributed by atoms with Gasteiger partial charge in [0, 0.05) is 10.9 Å². The molecule has 5 heteroatoms. The Bertz CT molecular complexity index is 564. The van der Waals surface area contributed by atoms with Crippen molar-refractivity contribution >= 4 is 15.9 Å². The van der Waals surface area contributed by atoms with Gasteiger partial charge in [0.1, 0.15) is 17.2 Å². The van der Waals surface area contributed by atoms with Crippen LogP contribution in [0.3, 0.4) is 0 Å². The molecule has 1 aromatic carbocycles. The Morgan fingerprint density at radius 1 is 1.21 bits per heavy atom. The van der Waals surface area contributed by atoms with E-state index in [2.05, 4.69) is 20.9 Å². The fraction of sp³-hybridized carbons (Fsp3) is 0.214. The van der Waals surface area contributed by atoms with Gasteiger partial charge in [-0.15, -0.1) is 0 Å². The molecule has 0 amide bonds. The summed E-state index contributed by atoms with van der Waals surface area (Å²) in [5.41, 5.74) is -0.321. The highest BCUT2D eigenvalue weighted by molar-refractivity contribution is 9.10. The molecule has 0 saturated heterocycles. The molecule has 0 radical (unpaired) electrons. The lowest BCUT2D eigenvalue weighted by Gasteiger charge is -2.23. The van der Waals surface area contributed by atoms with Crippen LogP contribution >= 0.6 is 15.9 Å². The molecule has 1 unspecified atom stereocenters. The van der Waals surface area contributed by atoms with E-state index < -0.39 is 11.4 Å². The Morgan fingerprint density at radius 3 is 2.53 bits per heavy atom. The molecule has 0 aliphatic heterocycles. The van der Waals surface area contributed by atoms with Gasteiger partial charge in [-0.2, -0.15) is 0 Å². The molecule has 0 aliphatic carbocycles. The van der Waals surface area contributed by atoms with Gasteiger partial charge in [-0.3, -0.25) is 4.98 Å². The largest absolute Gasteiger partial charge is 0.383 e. The van der Waals surface area contributed by atoms with Gasteiger partial charge in [-0.05, 0) is 42.8 Å². The van der Waals surface area contributed by atoms with Gasteiger partial charge >= 0.3 is 0 Å². The quantitative estimate of drug-likeness (QED) is 0.934. The minimum absolute atomic E-state index is 0.183. The van der Waals surface area contributed by atoms with Crippen molar-refractivity contribution in [3.63, 3.8) is 0 Å². The second-order valence-electron chi connectivity index (χ2n) is 4.59. The number of halogens is 3.